The van der Waals surface area contributed by atoms with Crippen LogP contribution in [0.1, 0.15) is 30.1 Å². The molecular weight excluding hydrogens is 307 g/mol. The van der Waals surface area contributed by atoms with E-state index in [1.54, 1.807) is 18.2 Å². The lowest BCUT2D eigenvalue weighted by molar-refractivity contribution is -0.00433. The smallest absolute Gasteiger partial charge is 0.254 e. The number of morpholine rings is 1. The number of ether oxygens (including phenoxy) is 1. The highest BCUT2D eigenvalue weighted by Crippen LogP contribution is 2.20. The van der Waals surface area contributed by atoms with Crippen LogP contribution in [0.25, 0.3) is 11.3 Å². The molecule has 1 aromatic carbocycles. The van der Waals surface area contributed by atoms with Gasteiger partial charge in [0.05, 0.1) is 31.1 Å². The van der Waals surface area contributed by atoms with Gasteiger partial charge < -0.3 is 9.64 Å². The van der Waals surface area contributed by atoms with E-state index in [2.05, 4.69) is 11.9 Å². The van der Waals surface area contributed by atoms with Gasteiger partial charge in [-0.3, -0.25) is 9.78 Å². The molecule has 1 aliphatic heterocycles. The van der Waals surface area contributed by atoms with Crippen LogP contribution in [0.15, 0.2) is 42.6 Å². The normalized spacial score (nSPS) is 17.8. The number of hydrogen-bond acceptors (Lipinski definition) is 3. The third-order valence-electron chi connectivity index (χ3n) is 4.27. The fourth-order valence-corrected chi connectivity index (χ4v) is 2.99. The second kappa shape index (κ2) is 7.53. The monoisotopic (exact) mass is 328 g/mol. The number of amides is 1. The number of pyridine rings is 1. The van der Waals surface area contributed by atoms with Crippen molar-refractivity contribution in [1.29, 1.82) is 0 Å². The molecule has 0 radical (unpaired) electrons. The van der Waals surface area contributed by atoms with E-state index in [4.69, 9.17) is 4.74 Å². The lowest BCUT2D eigenvalue weighted by atomic mass is 10.1. The summed E-state index contributed by atoms with van der Waals surface area (Å²) >= 11 is 0. The van der Waals surface area contributed by atoms with Gasteiger partial charge in [0.15, 0.2) is 0 Å². The van der Waals surface area contributed by atoms with Gasteiger partial charge in [0.25, 0.3) is 5.91 Å². The Kier molecular flexibility index (Phi) is 5.20. The minimum absolute atomic E-state index is 0.0374. The molecule has 1 fully saturated rings. The molecular formula is C19H21FN2O2. The maximum absolute atomic E-state index is 13.0. The number of rotatable bonds is 4. The van der Waals surface area contributed by atoms with Crippen molar-refractivity contribution >= 4 is 5.91 Å². The standard InChI is InChI=1S/C19H21FN2O2/c1-2-3-17-13-24-11-10-22(17)19(23)15-6-4-14(5-7-15)18-9-8-16(20)12-21-18/h4-9,12,17H,2-3,10-11,13H2,1H3/t17-/m0/s1. The first-order valence-corrected chi connectivity index (χ1v) is 8.29. The molecule has 0 bridgehead atoms. The lowest BCUT2D eigenvalue weighted by Crippen LogP contribution is -2.48. The van der Waals surface area contributed by atoms with Gasteiger partial charge in [-0.2, -0.15) is 0 Å². The van der Waals surface area contributed by atoms with Gasteiger partial charge >= 0.3 is 0 Å². The van der Waals surface area contributed by atoms with Crippen molar-refractivity contribution in [3.63, 3.8) is 0 Å². The van der Waals surface area contributed by atoms with E-state index < -0.39 is 0 Å². The fourth-order valence-electron chi connectivity index (χ4n) is 2.99. The zero-order valence-electron chi connectivity index (χ0n) is 13.7. The lowest BCUT2D eigenvalue weighted by Gasteiger charge is -2.35. The first-order valence-electron chi connectivity index (χ1n) is 8.29. The van der Waals surface area contributed by atoms with Crippen LogP contribution < -0.4 is 0 Å². The van der Waals surface area contributed by atoms with Gasteiger partial charge in [-0.1, -0.05) is 25.5 Å². The Labute approximate surface area is 141 Å². The number of benzene rings is 1. The van der Waals surface area contributed by atoms with Crippen LogP contribution in [0, 0.1) is 5.82 Å². The van der Waals surface area contributed by atoms with Crippen LogP contribution in [0.3, 0.4) is 0 Å². The highest BCUT2D eigenvalue weighted by molar-refractivity contribution is 5.95. The molecule has 126 valence electrons. The summed E-state index contributed by atoms with van der Waals surface area (Å²) < 4.78 is 18.5. The summed E-state index contributed by atoms with van der Waals surface area (Å²) in [6.45, 7) is 3.94. The quantitative estimate of drug-likeness (QED) is 0.862. The maximum Gasteiger partial charge on any atom is 0.254 e. The van der Waals surface area contributed by atoms with Crippen LogP contribution in [0.5, 0.6) is 0 Å². The molecule has 0 unspecified atom stereocenters. The first kappa shape index (κ1) is 16.6. The van der Waals surface area contributed by atoms with Crippen molar-refractivity contribution in [3.05, 3.63) is 54.0 Å². The van der Waals surface area contributed by atoms with Crippen molar-refractivity contribution in [2.45, 2.75) is 25.8 Å². The summed E-state index contributed by atoms with van der Waals surface area (Å²) in [4.78, 5) is 18.8. The van der Waals surface area contributed by atoms with Crippen molar-refractivity contribution in [1.82, 2.24) is 9.88 Å². The predicted octanol–water partition coefficient (Wildman–Crippen LogP) is 3.53. The fraction of sp³-hybridized carbons (Fsp3) is 0.368. The van der Waals surface area contributed by atoms with Crippen LogP contribution in [0.2, 0.25) is 0 Å². The Morgan fingerprint density at radius 3 is 2.75 bits per heavy atom. The summed E-state index contributed by atoms with van der Waals surface area (Å²) in [5, 5.41) is 0. The highest BCUT2D eigenvalue weighted by Gasteiger charge is 2.27. The van der Waals surface area contributed by atoms with Crippen LogP contribution in [-0.2, 0) is 4.74 Å². The largest absolute Gasteiger partial charge is 0.377 e. The van der Waals surface area contributed by atoms with Gasteiger partial charge in [-0.15, -0.1) is 0 Å². The molecule has 0 spiro atoms. The molecule has 0 saturated carbocycles. The van der Waals surface area contributed by atoms with E-state index in [1.165, 1.54) is 12.3 Å². The minimum atomic E-state index is -0.361. The molecule has 2 aromatic rings. The average Bonchev–Trinajstić information content (AvgIpc) is 2.63. The molecule has 1 amide bonds. The Bertz CT molecular complexity index is 684. The number of nitrogens with zero attached hydrogens (tertiary/aromatic N) is 2. The second-order valence-corrected chi connectivity index (χ2v) is 5.95. The molecule has 5 heteroatoms. The minimum Gasteiger partial charge on any atom is -0.377 e. The number of hydrogen-bond donors (Lipinski definition) is 0. The van der Waals surface area contributed by atoms with E-state index in [9.17, 15) is 9.18 Å². The molecule has 2 heterocycles. The summed E-state index contributed by atoms with van der Waals surface area (Å²) in [5.74, 6) is -0.324. The van der Waals surface area contributed by atoms with Gasteiger partial charge in [0, 0.05) is 17.7 Å². The van der Waals surface area contributed by atoms with Gasteiger partial charge in [-0.05, 0) is 30.7 Å². The van der Waals surface area contributed by atoms with Crippen molar-refractivity contribution in [2.75, 3.05) is 19.8 Å². The number of carbonyl (C=O) groups excluding carboxylic acids is 1. The molecule has 0 aliphatic carbocycles. The van der Waals surface area contributed by atoms with E-state index >= 15 is 0 Å². The Balaban J connectivity index is 1.76. The van der Waals surface area contributed by atoms with Gasteiger partial charge in [0.1, 0.15) is 5.82 Å². The third kappa shape index (κ3) is 3.62. The van der Waals surface area contributed by atoms with Crippen molar-refractivity contribution in [2.24, 2.45) is 0 Å². The molecule has 1 aromatic heterocycles. The molecule has 1 saturated heterocycles. The van der Waals surface area contributed by atoms with E-state index in [0.717, 1.165) is 18.4 Å². The Morgan fingerprint density at radius 2 is 2.08 bits per heavy atom. The van der Waals surface area contributed by atoms with E-state index in [-0.39, 0.29) is 17.8 Å². The van der Waals surface area contributed by atoms with Gasteiger partial charge in [0.2, 0.25) is 0 Å². The average molecular weight is 328 g/mol. The second-order valence-electron chi connectivity index (χ2n) is 5.95. The van der Waals surface area contributed by atoms with Crippen LogP contribution in [-0.4, -0.2) is 41.6 Å². The molecule has 24 heavy (non-hydrogen) atoms. The third-order valence-corrected chi connectivity index (χ3v) is 4.27. The maximum atomic E-state index is 13.0. The highest BCUT2D eigenvalue weighted by atomic mass is 19.1. The number of carbonyl (C=O) groups is 1. The van der Waals surface area contributed by atoms with Crippen molar-refractivity contribution in [3.8, 4) is 11.3 Å². The molecule has 4 nitrogen and oxygen atoms in total. The molecule has 3 rings (SSSR count). The molecule has 1 atom stereocenters. The van der Waals surface area contributed by atoms with Crippen molar-refractivity contribution < 1.29 is 13.9 Å². The SMILES string of the molecule is CCC[C@H]1COCCN1C(=O)c1ccc(-c2ccc(F)cn2)cc1. The molecule has 1 aliphatic rings. The van der Waals surface area contributed by atoms with Crippen LogP contribution >= 0.6 is 0 Å². The summed E-state index contributed by atoms with van der Waals surface area (Å²) in [6.07, 6.45) is 3.16. The Hall–Kier alpha value is -2.27. The summed E-state index contributed by atoms with van der Waals surface area (Å²) in [7, 11) is 0. The topological polar surface area (TPSA) is 42.4 Å². The number of aromatic nitrogens is 1. The first-order chi connectivity index (χ1) is 11.7. The molecule has 0 N–H and O–H groups in total. The van der Waals surface area contributed by atoms with E-state index in [0.29, 0.717) is 31.0 Å². The van der Waals surface area contributed by atoms with Crippen LogP contribution in [0.4, 0.5) is 4.39 Å². The van der Waals surface area contributed by atoms with E-state index in [1.807, 2.05) is 17.0 Å². The zero-order valence-corrected chi connectivity index (χ0v) is 13.7. The summed E-state index contributed by atoms with van der Waals surface area (Å²) in [6, 6.07) is 10.5. The van der Waals surface area contributed by atoms with Gasteiger partial charge in [-0.25, -0.2) is 4.39 Å². The Morgan fingerprint density at radius 1 is 1.29 bits per heavy atom. The summed E-state index contributed by atoms with van der Waals surface area (Å²) in [5.41, 5.74) is 2.20. The number of halogens is 1. The zero-order chi connectivity index (χ0) is 16.9. The predicted molar refractivity (Wildman–Crippen MR) is 90.2 cm³/mol.